The van der Waals surface area contributed by atoms with Crippen molar-refractivity contribution in [2.75, 3.05) is 6.61 Å². The third-order valence-electron chi connectivity index (χ3n) is 1.81. The lowest BCUT2D eigenvalue weighted by molar-refractivity contribution is -0.130. The Morgan fingerprint density at radius 1 is 1.54 bits per heavy atom. The fourth-order valence-electron chi connectivity index (χ4n) is 1.03. The highest BCUT2D eigenvalue weighted by atomic mass is 32.1. The number of ketones is 1. The van der Waals surface area contributed by atoms with Gasteiger partial charge in [-0.2, -0.15) is 0 Å². The average Bonchev–Trinajstić information content (AvgIpc) is 2.04. The highest BCUT2D eigenvalue weighted by Gasteiger charge is 2.37. The van der Waals surface area contributed by atoms with Gasteiger partial charge >= 0.3 is 0 Å². The van der Waals surface area contributed by atoms with Crippen LogP contribution in [0.25, 0.3) is 0 Å². The summed E-state index contributed by atoms with van der Waals surface area (Å²) in [4.78, 5) is 11.2. The van der Waals surface area contributed by atoms with Crippen molar-refractivity contribution in [3.63, 3.8) is 0 Å². The summed E-state index contributed by atoms with van der Waals surface area (Å²) in [5, 5.41) is 9.86. The maximum absolute atomic E-state index is 11.2. The summed E-state index contributed by atoms with van der Waals surface area (Å²) >= 11 is 4.84. The van der Waals surface area contributed by atoms with Gasteiger partial charge in [0.15, 0.2) is 16.4 Å². The molecule has 0 aromatic carbocycles. The molecule has 0 saturated carbocycles. The number of Topliss-reactive ketones (excluding diaryl/α,β-unsaturated/α-hetero) is 1. The van der Waals surface area contributed by atoms with Gasteiger partial charge in [0, 0.05) is 0 Å². The minimum atomic E-state index is -1.57. The normalized spacial score (nSPS) is 14.8. The lowest BCUT2D eigenvalue weighted by Crippen LogP contribution is -2.45. The molecule has 0 aromatic rings. The first-order valence-corrected chi connectivity index (χ1v) is 4.80. The number of ether oxygens (including phenoxy) is 1. The molecule has 0 rings (SSSR count). The minimum absolute atomic E-state index is 0.00986. The predicted molar refractivity (Wildman–Crippen MR) is 54.8 cm³/mol. The highest BCUT2D eigenvalue weighted by Crippen LogP contribution is 2.17. The maximum atomic E-state index is 11.2. The van der Waals surface area contributed by atoms with Crippen LogP contribution in [-0.2, 0) is 9.53 Å². The van der Waals surface area contributed by atoms with E-state index in [-0.39, 0.29) is 10.8 Å². The molecule has 0 aliphatic rings. The molecule has 0 radical (unpaired) electrons. The number of carbonyl (C=O) groups excluding carboxylic acids is 1. The molecule has 0 fully saturated rings. The lowest BCUT2D eigenvalue weighted by Gasteiger charge is -2.24. The van der Waals surface area contributed by atoms with E-state index in [0.717, 1.165) is 0 Å². The third kappa shape index (κ3) is 3.04. The molecule has 0 saturated heterocycles. The molecule has 13 heavy (non-hydrogen) atoms. The van der Waals surface area contributed by atoms with E-state index >= 15 is 0 Å². The molecule has 76 valence electrons. The first kappa shape index (κ1) is 12.5. The predicted octanol–water partition coefficient (Wildman–Crippen LogP) is 1.47. The monoisotopic (exact) mass is 204 g/mol. The summed E-state index contributed by atoms with van der Waals surface area (Å²) < 4.78 is 4.98. The number of hydrogen-bond acceptors (Lipinski definition) is 4. The van der Waals surface area contributed by atoms with E-state index in [9.17, 15) is 9.90 Å². The van der Waals surface area contributed by atoms with Crippen LogP contribution < -0.4 is 0 Å². The Labute approximate surface area is 84.1 Å². The van der Waals surface area contributed by atoms with Crippen LogP contribution in [0, 0.1) is 0 Å². The Balaban J connectivity index is 4.57. The summed E-state index contributed by atoms with van der Waals surface area (Å²) in [6.07, 6.45) is 1.00. The van der Waals surface area contributed by atoms with Crippen LogP contribution in [0.2, 0.25) is 0 Å². The van der Waals surface area contributed by atoms with E-state index in [2.05, 4.69) is 0 Å². The lowest BCUT2D eigenvalue weighted by atomic mass is 9.95. The van der Waals surface area contributed by atoms with Gasteiger partial charge in [0.2, 0.25) is 0 Å². The molecule has 0 spiro atoms. The van der Waals surface area contributed by atoms with Crippen molar-refractivity contribution in [1.82, 2.24) is 0 Å². The molecule has 0 amide bonds. The number of rotatable bonds is 5. The maximum Gasteiger partial charge on any atom is 0.199 e. The number of hydrogen-bond donors (Lipinski definition) is 1. The number of aliphatic hydroxyl groups is 1. The van der Waals surface area contributed by atoms with E-state index in [1.165, 1.54) is 6.92 Å². The van der Waals surface area contributed by atoms with Gasteiger partial charge in [-0.15, -0.1) is 0 Å². The Hall–Kier alpha value is -0.480. The van der Waals surface area contributed by atoms with E-state index in [4.69, 9.17) is 17.0 Å². The zero-order valence-corrected chi connectivity index (χ0v) is 9.11. The zero-order valence-electron chi connectivity index (χ0n) is 8.29. The van der Waals surface area contributed by atoms with Gasteiger partial charge < -0.3 is 9.84 Å². The van der Waals surface area contributed by atoms with Gasteiger partial charge in [0.25, 0.3) is 0 Å². The van der Waals surface area contributed by atoms with Crippen molar-refractivity contribution >= 4 is 23.1 Å². The Kier molecular flexibility index (Phi) is 5.10. The van der Waals surface area contributed by atoms with Crippen LogP contribution in [-0.4, -0.2) is 28.1 Å². The van der Waals surface area contributed by atoms with Crippen LogP contribution in [0.3, 0.4) is 0 Å². The molecule has 0 bridgehead atoms. The number of thiocarbonyl (C=S) groups is 1. The van der Waals surface area contributed by atoms with Crippen molar-refractivity contribution in [3.8, 4) is 0 Å². The quantitative estimate of drug-likeness (QED) is 0.689. The van der Waals surface area contributed by atoms with E-state index < -0.39 is 5.60 Å². The van der Waals surface area contributed by atoms with Gasteiger partial charge in [-0.1, -0.05) is 13.3 Å². The fraction of sp³-hybridized carbons (Fsp3) is 0.778. The first-order valence-electron chi connectivity index (χ1n) is 4.39. The van der Waals surface area contributed by atoms with Crippen molar-refractivity contribution < 1.29 is 14.6 Å². The van der Waals surface area contributed by atoms with Crippen molar-refractivity contribution in [2.24, 2.45) is 0 Å². The van der Waals surface area contributed by atoms with Crippen LogP contribution >= 0.6 is 12.2 Å². The second-order valence-electron chi connectivity index (χ2n) is 2.89. The van der Waals surface area contributed by atoms with E-state index in [0.29, 0.717) is 19.4 Å². The highest BCUT2D eigenvalue weighted by molar-refractivity contribution is 7.80. The second-order valence-corrected chi connectivity index (χ2v) is 3.26. The molecule has 1 unspecified atom stereocenters. The Bertz CT molecular complexity index is 203. The van der Waals surface area contributed by atoms with Gasteiger partial charge in [0.1, 0.15) is 0 Å². The van der Waals surface area contributed by atoms with E-state index in [1.807, 2.05) is 6.92 Å². The third-order valence-corrected chi connectivity index (χ3v) is 2.26. The largest absolute Gasteiger partial charge is 0.484 e. The van der Waals surface area contributed by atoms with Crippen molar-refractivity contribution in [3.05, 3.63) is 0 Å². The fourth-order valence-corrected chi connectivity index (χ4v) is 1.40. The topological polar surface area (TPSA) is 46.5 Å². The van der Waals surface area contributed by atoms with Gasteiger partial charge in [-0.3, -0.25) is 4.79 Å². The molecule has 0 aliphatic carbocycles. The molecule has 1 N–H and O–H groups in total. The van der Waals surface area contributed by atoms with Crippen LogP contribution in [0.5, 0.6) is 0 Å². The van der Waals surface area contributed by atoms with Gasteiger partial charge in [-0.25, -0.2) is 0 Å². The summed E-state index contributed by atoms with van der Waals surface area (Å²) in [5.41, 5.74) is -1.57. The standard InChI is InChI=1S/C9H16O3S/c1-4-6-9(11,7(3)10)8(13)12-5-2/h11H,4-6H2,1-3H3. The number of carbonyl (C=O) groups is 1. The summed E-state index contributed by atoms with van der Waals surface area (Å²) in [6.45, 7) is 5.33. The summed E-state index contributed by atoms with van der Waals surface area (Å²) in [6, 6.07) is 0. The van der Waals surface area contributed by atoms with Crippen molar-refractivity contribution in [1.29, 1.82) is 0 Å². The van der Waals surface area contributed by atoms with Crippen molar-refractivity contribution in [2.45, 2.75) is 39.2 Å². The molecule has 0 aromatic heterocycles. The first-order chi connectivity index (χ1) is 5.99. The zero-order chi connectivity index (χ0) is 10.5. The average molecular weight is 204 g/mol. The molecule has 1 atom stereocenters. The molecular weight excluding hydrogens is 188 g/mol. The van der Waals surface area contributed by atoms with Crippen LogP contribution in [0.15, 0.2) is 0 Å². The second kappa shape index (κ2) is 5.29. The minimum Gasteiger partial charge on any atom is -0.484 e. The summed E-state index contributed by atoms with van der Waals surface area (Å²) in [7, 11) is 0. The summed E-state index contributed by atoms with van der Waals surface area (Å²) in [5.74, 6) is -0.354. The Morgan fingerprint density at radius 2 is 2.08 bits per heavy atom. The van der Waals surface area contributed by atoms with Gasteiger partial charge in [-0.05, 0) is 32.5 Å². The van der Waals surface area contributed by atoms with Crippen LogP contribution in [0.1, 0.15) is 33.6 Å². The van der Waals surface area contributed by atoms with Crippen LogP contribution in [0.4, 0.5) is 0 Å². The van der Waals surface area contributed by atoms with Gasteiger partial charge in [0.05, 0.1) is 6.61 Å². The molecule has 0 aliphatic heterocycles. The smallest absolute Gasteiger partial charge is 0.199 e. The molecule has 0 heterocycles. The molecular formula is C9H16O3S. The molecule has 4 heteroatoms. The van der Waals surface area contributed by atoms with E-state index in [1.54, 1.807) is 6.92 Å². The SMILES string of the molecule is CCCC(O)(C(C)=O)C(=S)OCC. The Morgan fingerprint density at radius 3 is 2.38 bits per heavy atom. The molecule has 3 nitrogen and oxygen atoms in total.